The van der Waals surface area contributed by atoms with Gasteiger partial charge in [-0.05, 0) is 31.2 Å². The number of nitrogens with one attached hydrogen (secondary N) is 1. The molecule has 0 aliphatic carbocycles. The average Bonchev–Trinajstić information content (AvgIpc) is 2.89. The Morgan fingerprint density at radius 2 is 2.17 bits per heavy atom. The van der Waals surface area contributed by atoms with Gasteiger partial charge in [-0.1, -0.05) is 37.3 Å². The van der Waals surface area contributed by atoms with Gasteiger partial charge in [-0.2, -0.15) is 0 Å². The number of hydrogen-bond acceptors (Lipinski definition) is 3. The molecule has 3 nitrogen and oxygen atoms in total. The molecule has 1 aromatic carbocycles. The second-order valence-corrected chi connectivity index (χ2v) is 5.07. The molecule has 0 saturated carbocycles. The zero-order valence-electron chi connectivity index (χ0n) is 11.1. The van der Waals surface area contributed by atoms with E-state index in [4.69, 9.17) is 10.6 Å². The number of nitrogens with two attached hydrogens (primary N) is 1. The number of hydrazine groups is 1. The van der Waals surface area contributed by atoms with Crippen LogP contribution in [-0.4, -0.2) is 18.8 Å². The highest BCUT2D eigenvalue weighted by Gasteiger charge is 2.32. The summed E-state index contributed by atoms with van der Waals surface area (Å²) in [5, 5.41) is 0. The van der Waals surface area contributed by atoms with Gasteiger partial charge in [0.05, 0.1) is 6.10 Å². The topological polar surface area (TPSA) is 47.3 Å². The molecular weight excluding hydrogens is 224 g/mol. The molecule has 18 heavy (non-hydrogen) atoms. The quantitative estimate of drug-likeness (QED) is 0.599. The first-order valence-corrected chi connectivity index (χ1v) is 6.96. The summed E-state index contributed by atoms with van der Waals surface area (Å²) in [6.07, 6.45) is 4.73. The third-order valence-electron chi connectivity index (χ3n) is 3.98. The van der Waals surface area contributed by atoms with Gasteiger partial charge in [0.15, 0.2) is 0 Å². The van der Waals surface area contributed by atoms with Crippen LogP contribution >= 0.6 is 0 Å². The van der Waals surface area contributed by atoms with Crippen molar-refractivity contribution in [2.24, 2.45) is 11.8 Å². The van der Waals surface area contributed by atoms with Gasteiger partial charge in [-0.3, -0.25) is 11.3 Å². The van der Waals surface area contributed by atoms with Gasteiger partial charge in [-0.15, -0.1) is 0 Å². The van der Waals surface area contributed by atoms with Gasteiger partial charge in [0.25, 0.3) is 0 Å². The van der Waals surface area contributed by atoms with E-state index in [-0.39, 0.29) is 0 Å². The van der Waals surface area contributed by atoms with Crippen molar-refractivity contribution < 1.29 is 4.74 Å². The summed E-state index contributed by atoms with van der Waals surface area (Å²) >= 11 is 0. The van der Waals surface area contributed by atoms with E-state index in [1.54, 1.807) is 0 Å². The van der Waals surface area contributed by atoms with E-state index in [2.05, 4.69) is 42.7 Å². The summed E-state index contributed by atoms with van der Waals surface area (Å²) in [4.78, 5) is 0. The Morgan fingerprint density at radius 3 is 2.83 bits per heavy atom. The van der Waals surface area contributed by atoms with Crippen LogP contribution in [0.1, 0.15) is 31.7 Å². The first-order chi connectivity index (χ1) is 8.85. The summed E-state index contributed by atoms with van der Waals surface area (Å²) in [5.41, 5.74) is 4.38. The Bertz CT molecular complexity index is 342. The second-order valence-electron chi connectivity index (χ2n) is 5.07. The van der Waals surface area contributed by atoms with E-state index in [0.717, 1.165) is 32.3 Å². The molecular formula is C15H24N2O. The molecule has 1 aliphatic heterocycles. The van der Waals surface area contributed by atoms with Crippen LogP contribution in [-0.2, 0) is 11.2 Å². The molecule has 1 saturated heterocycles. The highest BCUT2D eigenvalue weighted by molar-refractivity contribution is 5.14. The summed E-state index contributed by atoms with van der Waals surface area (Å²) in [6.45, 7) is 3.07. The molecule has 0 aromatic heterocycles. The zero-order valence-corrected chi connectivity index (χ0v) is 11.1. The molecule has 1 fully saturated rings. The Hall–Kier alpha value is -0.900. The lowest BCUT2D eigenvalue weighted by Gasteiger charge is -2.26. The third kappa shape index (κ3) is 3.31. The molecule has 1 aromatic rings. The van der Waals surface area contributed by atoms with Gasteiger partial charge in [0.2, 0.25) is 0 Å². The molecule has 0 bridgehead atoms. The van der Waals surface area contributed by atoms with Crippen molar-refractivity contribution in [2.75, 3.05) is 6.61 Å². The molecule has 3 N–H and O–H groups in total. The van der Waals surface area contributed by atoms with Crippen molar-refractivity contribution in [3.05, 3.63) is 35.9 Å². The molecule has 3 atom stereocenters. The number of benzene rings is 1. The number of hydrogen-bond donors (Lipinski definition) is 2. The summed E-state index contributed by atoms with van der Waals surface area (Å²) in [5.74, 6) is 6.29. The molecule has 0 amide bonds. The van der Waals surface area contributed by atoms with Crippen LogP contribution in [0.4, 0.5) is 0 Å². The van der Waals surface area contributed by atoms with Crippen LogP contribution in [0.3, 0.4) is 0 Å². The summed E-state index contributed by atoms with van der Waals surface area (Å²) in [7, 11) is 0. The van der Waals surface area contributed by atoms with Crippen LogP contribution in [0.25, 0.3) is 0 Å². The van der Waals surface area contributed by atoms with Crippen LogP contribution in [0.15, 0.2) is 30.3 Å². The van der Waals surface area contributed by atoms with Crippen LogP contribution in [0.2, 0.25) is 0 Å². The van der Waals surface area contributed by atoms with Crippen LogP contribution in [0.5, 0.6) is 0 Å². The van der Waals surface area contributed by atoms with Gasteiger partial charge >= 0.3 is 0 Å². The van der Waals surface area contributed by atoms with E-state index in [1.165, 1.54) is 5.56 Å². The number of aryl methyl sites for hydroxylation is 1. The molecule has 2 rings (SSSR count). The zero-order chi connectivity index (χ0) is 12.8. The van der Waals surface area contributed by atoms with E-state index < -0.39 is 0 Å². The fourth-order valence-electron chi connectivity index (χ4n) is 2.93. The lowest BCUT2D eigenvalue weighted by molar-refractivity contribution is 0.0765. The van der Waals surface area contributed by atoms with Crippen molar-refractivity contribution in [1.29, 1.82) is 0 Å². The molecule has 3 heteroatoms. The van der Waals surface area contributed by atoms with Gasteiger partial charge in [0, 0.05) is 18.6 Å². The highest BCUT2D eigenvalue weighted by Crippen LogP contribution is 2.28. The normalized spacial score (nSPS) is 25.2. The Morgan fingerprint density at radius 1 is 1.39 bits per heavy atom. The lowest BCUT2D eigenvalue weighted by Crippen LogP contribution is -2.44. The van der Waals surface area contributed by atoms with Crippen molar-refractivity contribution >= 4 is 0 Å². The number of ether oxygens (including phenoxy) is 1. The van der Waals surface area contributed by atoms with Crippen LogP contribution in [0, 0.1) is 5.92 Å². The van der Waals surface area contributed by atoms with Crippen molar-refractivity contribution in [1.82, 2.24) is 5.43 Å². The van der Waals surface area contributed by atoms with E-state index in [9.17, 15) is 0 Å². The Kier molecular flexibility index (Phi) is 5.17. The van der Waals surface area contributed by atoms with Crippen molar-refractivity contribution in [3.8, 4) is 0 Å². The molecule has 1 aliphatic rings. The molecule has 100 valence electrons. The maximum atomic E-state index is 5.75. The predicted octanol–water partition coefficient (Wildman–Crippen LogP) is 2.27. The minimum Gasteiger partial charge on any atom is -0.378 e. The molecule has 0 spiro atoms. The minimum absolute atomic E-state index is 0.359. The maximum absolute atomic E-state index is 5.75. The average molecular weight is 248 g/mol. The van der Waals surface area contributed by atoms with E-state index >= 15 is 0 Å². The highest BCUT2D eigenvalue weighted by atomic mass is 16.5. The third-order valence-corrected chi connectivity index (χ3v) is 3.98. The fraction of sp³-hybridized carbons (Fsp3) is 0.600. The maximum Gasteiger partial charge on any atom is 0.0616 e. The largest absolute Gasteiger partial charge is 0.378 e. The van der Waals surface area contributed by atoms with Gasteiger partial charge in [-0.25, -0.2) is 0 Å². The van der Waals surface area contributed by atoms with Gasteiger partial charge in [0.1, 0.15) is 0 Å². The van der Waals surface area contributed by atoms with Crippen molar-refractivity contribution in [3.63, 3.8) is 0 Å². The Balaban J connectivity index is 1.89. The molecule has 0 radical (unpaired) electrons. The monoisotopic (exact) mass is 248 g/mol. The lowest BCUT2D eigenvalue weighted by atomic mass is 9.88. The predicted molar refractivity (Wildman–Crippen MR) is 74.0 cm³/mol. The van der Waals surface area contributed by atoms with Crippen molar-refractivity contribution in [2.45, 2.75) is 44.8 Å². The first-order valence-electron chi connectivity index (χ1n) is 6.96. The molecule has 1 heterocycles. The summed E-state index contributed by atoms with van der Waals surface area (Å²) in [6, 6.07) is 10.9. The molecule has 3 unspecified atom stereocenters. The van der Waals surface area contributed by atoms with E-state index in [0.29, 0.717) is 18.1 Å². The van der Waals surface area contributed by atoms with Gasteiger partial charge < -0.3 is 4.74 Å². The van der Waals surface area contributed by atoms with E-state index in [1.807, 2.05) is 0 Å². The Labute approximate surface area is 110 Å². The summed E-state index contributed by atoms with van der Waals surface area (Å²) < 4.78 is 5.75. The smallest absolute Gasteiger partial charge is 0.0616 e. The first kappa shape index (κ1) is 13.5. The fourth-order valence-corrected chi connectivity index (χ4v) is 2.93. The minimum atomic E-state index is 0.359. The number of rotatable bonds is 6. The second kappa shape index (κ2) is 6.88. The standard InChI is InChI=1S/C15H24N2O/c1-2-15-13(10-11-18-15)14(17-16)9-8-12-6-4-3-5-7-12/h3-7,13-15,17H,2,8-11,16H2,1H3. The van der Waals surface area contributed by atoms with Crippen LogP contribution < -0.4 is 11.3 Å². The SMILES string of the molecule is CCC1OCCC1C(CCc1ccccc1)NN.